The molecule has 1 saturated carbocycles. The molecule has 0 aromatic heterocycles. The number of aliphatic imine (C=N–C) groups is 1. The number of halogens is 1. The highest BCUT2D eigenvalue weighted by Crippen LogP contribution is 2.51. The van der Waals surface area contributed by atoms with Gasteiger partial charge in [0, 0.05) is 11.3 Å². The van der Waals surface area contributed by atoms with E-state index in [1.54, 1.807) is 0 Å². The Labute approximate surface area is 138 Å². The first-order valence-corrected chi connectivity index (χ1v) is 8.53. The van der Waals surface area contributed by atoms with Gasteiger partial charge in [-0.2, -0.15) is 4.99 Å². The van der Waals surface area contributed by atoms with E-state index in [0.29, 0.717) is 10.8 Å². The third kappa shape index (κ3) is 2.22. The molecule has 4 rings (SSSR count). The Hall–Kier alpha value is -1.81. The molecule has 22 heavy (non-hydrogen) atoms. The predicted molar refractivity (Wildman–Crippen MR) is 92.9 cm³/mol. The predicted octanol–water partition coefficient (Wildman–Crippen LogP) is 4.96. The molecule has 1 N–H and O–H groups in total. The van der Waals surface area contributed by atoms with Crippen LogP contribution >= 0.6 is 15.9 Å². The molecule has 1 fully saturated rings. The van der Waals surface area contributed by atoms with Gasteiger partial charge in [0.05, 0.1) is 10.5 Å². The second kappa shape index (κ2) is 5.43. The van der Waals surface area contributed by atoms with Crippen LogP contribution in [0, 0.1) is 0 Å². The standard InChI is InChI=1S/C18H17BrN2O/c19-16-11-6-12-18(16)14-9-4-5-10-15(14)21-17(22-18)20-13-7-2-1-3-8-13/h1-5,7-10,16H,6,11-12H2,(H,20,21). The summed E-state index contributed by atoms with van der Waals surface area (Å²) in [7, 11) is 0. The molecule has 0 saturated heterocycles. The molecule has 3 nitrogen and oxygen atoms in total. The highest BCUT2D eigenvalue weighted by atomic mass is 79.9. The topological polar surface area (TPSA) is 33.6 Å². The summed E-state index contributed by atoms with van der Waals surface area (Å²) in [5, 5.41) is 3.30. The summed E-state index contributed by atoms with van der Waals surface area (Å²) in [5.41, 5.74) is 2.86. The van der Waals surface area contributed by atoms with Gasteiger partial charge in [0.1, 0.15) is 0 Å². The molecule has 112 valence electrons. The molecule has 2 aliphatic rings. The lowest BCUT2D eigenvalue weighted by Crippen LogP contribution is -2.41. The smallest absolute Gasteiger partial charge is 0.295 e. The first-order chi connectivity index (χ1) is 10.8. The maximum absolute atomic E-state index is 6.37. The van der Waals surface area contributed by atoms with E-state index in [9.17, 15) is 0 Å². The molecule has 0 radical (unpaired) electrons. The minimum absolute atomic E-state index is 0.309. The van der Waals surface area contributed by atoms with Crippen LogP contribution < -0.4 is 5.32 Å². The monoisotopic (exact) mass is 356 g/mol. The van der Waals surface area contributed by atoms with Crippen molar-refractivity contribution >= 4 is 33.3 Å². The Morgan fingerprint density at radius 1 is 1.09 bits per heavy atom. The van der Waals surface area contributed by atoms with Gasteiger partial charge >= 0.3 is 0 Å². The van der Waals surface area contributed by atoms with E-state index >= 15 is 0 Å². The van der Waals surface area contributed by atoms with Crippen molar-refractivity contribution in [3.8, 4) is 0 Å². The first kappa shape index (κ1) is 13.8. The molecule has 2 aromatic rings. The van der Waals surface area contributed by atoms with Crippen molar-refractivity contribution < 1.29 is 4.74 Å². The Morgan fingerprint density at radius 2 is 1.86 bits per heavy atom. The van der Waals surface area contributed by atoms with Crippen molar-refractivity contribution in [2.24, 2.45) is 4.99 Å². The number of hydrogen-bond donors (Lipinski definition) is 1. The normalized spacial score (nSPS) is 26.2. The van der Waals surface area contributed by atoms with E-state index in [4.69, 9.17) is 4.74 Å². The molecule has 1 heterocycles. The number of anilines is 1. The van der Waals surface area contributed by atoms with Gasteiger partial charge in [-0.15, -0.1) is 0 Å². The van der Waals surface area contributed by atoms with Crippen molar-refractivity contribution in [2.75, 3.05) is 5.32 Å². The molecule has 4 heteroatoms. The summed E-state index contributed by atoms with van der Waals surface area (Å²) in [5.74, 6) is 0. The molecule has 1 aliphatic carbocycles. The Kier molecular flexibility index (Phi) is 3.41. The minimum Gasteiger partial charge on any atom is -0.452 e. The highest BCUT2D eigenvalue weighted by Gasteiger charge is 2.49. The van der Waals surface area contributed by atoms with Crippen molar-refractivity contribution in [3.63, 3.8) is 0 Å². The minimum atomic E-state index is -0.310. The van der Waals surface area contributed by atoms with E-state index in [2.05, 4.69) is 44.4 Å². The summed E-state index contributed by atoms with van der Waals surface area (Å²) in [6.07, 6.45) is 3.28. The summed E-state index contributed by atoms with van der Waals surface area (Å²) in [6, 6.07) is 18.9. The average molecular weight is 357 g/mol. The number of ether oxygens (including phenoxy) is 1. The zero-order chi connectivity index (χ0) is 15.0. The van der Waals surface area contributed by atoms with Gasteiger partial charge in [-0.1, -0.05) is 52.3 Å². The van der Waals surface area contributed by atoms with Gasteiger partial charge in [0.2, 0.25) is 0 Å². The number of rotatable bonds is 1. The lowest BCUT2D eigenvalue weighted by atomic mass is 9.89. The van der Waals surface area contributed by atoms with Gasteiger partial charge in [-0.05, 0) is 37.5 Å². The fourth-order valence-electron chi connectivity index (χ4n) is 3.34. The number of nitrogens with one attached hydrogen (secondary N) is 1. The highest BCUT2D eigenvalue weighted by molar-refractivity contribution is 9.09. The fourth-order valence-corrected chi connectivity index (χ4v) is 4.23. The summed E-state index contributed by atoms with van der Waals surface area (Å²) < 4.78 is 6.37. The maximum Gasteiger partial charge on any atom is 0.295 e. The molecule has 0 bridgehead atoms. The van der Waals surface area contributed by atoms with Crippen LogP contribution in [-0.4, -0.2) is 10.8 Å². The fraction of sp³-hybridized carbons (Fsp3) is 0.278. The summed E-state index contributed by atoms with van der Waals surface area (Å²) >= 11 is 3.83. The van der Waals surface area contributed by atoms with Crippen LogP contribution in [0.15, 0.2) is 59.6 Å². The van der Waals surface area contributed by atoms with Crippen molar-refractivity contribution in [3.05, 3.63) is 60.2 Å². The second-order valence-corrected chi connectivity index (χ2v) is 6.88. The lowest BCUT2D eigenvalue weighted by Gasteiger charge is -2.38. The summed E-state index contributed by atoms with van der Waals surface area (Å²) in [6.45, 7) is 0. The zero-order valence-corrected chi connectivity index (χ0v) is 13.7. The van der Waals surface area contributed by atoms with Crippen LogP contribution in [0.5, 0.6) is 0 Å². The Balaban J connectivity index is 1.75. The molecule has 2 aromatic carbocycles. The average Bonchev–Trinajstić information content (AvgIpc) is 2.90. The number of amidine groups is 1. The SMILES string of the molecule is BrC1CCCC12OC(Nc1ccccc1)=Nc1ccccc12. The van der Waals surface area contributed by atoms with Crippen molar-refractivity contribution in [2.45, 2.75) is 29.7 Å². The molecule has 2 atom stereocenters. The molecule has 0 amide bonds. The maximum atomic E-state index is 6.37. The second-order valence-electron chi connectivity index (χ2n) is 5.78. The van der Waals surface area contributed by atoms with Crippen LogP contribution in [0.1, 0.15) is 24.8 Å². The number of fused-ring (bicyclic) bond motifs is 2. The van der Waals surface area contributed by atoms with Gasteiger partial charge < -0.3 is 10.1 Å². The van der Waals surface area contributed by atoms with Gasteiger partial charge in [-0.25, -0.2) is 0 Å². The van der Waals surface area contributed by atoms with Crippen LogP contribution in [0.2, 0.25) is 0 Å². The Bertz CT molecular complexity index is 716. The van der Waals surface area contributed by atoms with Crippen LogP contribution in [-0.2, 0) is 10.3 Å². The van der Waals surface area contributed by atoms with Crippen molar-refractivity contribution in [1.82, 2.24) is 0 Å². The van der Waals surface area contributed by atoms with E-state index in [1.807, 2.05) is 36.4 Å². The summed E-state index contributed by atoms with van der Waals surface area (Å²) in [4.78, 5) is 4.97. The zero-order valence-electron chi connectivity index (χ0n) is 12.1. The molecule has 1 aliphatic heterocycles. The van der Waals surface area contributed by atoms with Gasteiger partial charge in [-0.3, -0.25) is 0 Å². The first-order valence-electron chi connectivity index (χ1n) is 7.61. The third-order valence-corrected chi connectivity index (χ3v) is 5.59. The lowest BCUT2D eigenvalue weighted by molar-refractivity contribution is 0.0634. The number of benzene rings is 2. The van der Waals surface area contributed by atoms with Crippen LogP contribution in [0.3, 0.4) is 0 Å². The number of alkyl halides is 1. The molecular weight excluding hydrogens is 340 g/mol. The third-order valence-electron chi connectivity index (χ3n) is 4.40. The Morgan fingerprint density at radius 3 is 2.64 bits per heavy atom. The van der Waals surface area contributed by atoms with E-state index in [-0.39, 0.29) is 5.60 Å². The number of nitrogens with zero attached hydrogens (tertiary/aromatic N) is 1. The van der Waals surface area contributed by atoms with Gasteiger partial charge in [0.15, 0.2) is 5.60 Å². The quantitative estimate of drug-likeness (QED) is 0.732. The van der Waals surface area contributed by atoms with E-state index in [1.165, 1.54) is 5.56 Å². The van der Waals surface area contributed by atoms with E-state index in [0.717, 1.165) is 30.6 Å². The molecular formula is C18H17BrN2O. The molecule has 2 unspecified atom stereocenters. The van der Waals surface area contributed by atoms with E-state index < -0.39 is 0 Å². The molecule has 1 spiro atoms. The van der Waals surface area contributed by atoms with Crippen LogP contribution in [0.25, 0.3) is 0 Å². The van der Waals surface area contributed by atoms with Gasteiger partial charge in [0.25, 0.3) is 6.02 Å². The largest absolute Gasteiger partial charge is 0.452 e. The van der Waals surface area contributed by atoms with Crippen molar-refractivity contribution in [1.29, 1.82) is 0 Å². The number of para-hydroxylation sites is 2. The number of hydrogen-bond acceptors (Lipinski definition) is 3. The van der Waals surface area contributed by atoms with Crippen LogP contribution in [0.4, 0.5) is 11.4 Å².